The fourth-order valence-electron chi connectivity index (χ4n) is 2.00. The molecule has 0 saturated heterocycles. The maximum Gasteiger partial charge on any atom is 0.307 e. The first-order valence-electron chi connectivity index (χ1n) is 7.10. The maximum absolute atomic E-state index is 11.8. The molecule has 0 amide bonds. The van der Waals surface area contributed by atoms with Crippen LogP contribution in [0.25, 0.3) is 0 Å². The van der Waals surface area contributed by atoms with Crippen LogP contribution >= 0.6 is 0 Å². The molecule has 0 fully saturated rings. The Bertz CT molecular complexity index is 564. The Balaban J connectivity index is 2.70. The normalized spacial score (nSPS) is 12.3. The molecule has 1 rings (SSSR count). The molecule has 5 heteroatoms. The minimum Gasteiger partial charge on any atom is -0.481 e. The van der Waals surface area contributed by atoms with Crippen molar-refractivity contribution in [2.75, 3.05) is 0 Å². The van der Waals surface area contributed by atoms with Crippen LogP contribution in [0.2, 0.25) is 0 Å². The van der Waals surface area contributed by atoms with E-state index in [0.717, 1.165) is 11.1 Å². The molecule has 118 valence electrons. The highest BCUT2D eigenvalue weighted by Gasteiger charge is 2.25. The summed E-state index contributed by atoms with van der Waals surface area (Å²) in [4.78, 5) is 23.1. The highest BCUT2D eigenvalue weighted by molar-refractivity contribution is 5.79. The van der Waals surface area contributed by atoms with Crippen LogP contribution in [-0.2, 0) is 27.2 Å². The monoisotopic (exact) mass is 303 g/mol. The molecule has 1 aromatic carbocycles. The van der Waals surface area contributed by atoms with Crippen molar-refractivity contribution >= 4 is 11.9 Å². The van der Waals surface area contributed by atoms with Crippen molar-refractivity contribution in [1.29, 1.82) is 5.26 Å². The molecule has 1 N–H and O–H groups in total. The van der Waals surface area contributed by atoms with Crippen molar-refractivity contribution in [2.24, 2.45) is 5.92 Å². The number of nitrogens with zero attached hydrogens (tertiary/aromatic N) is 1. The van der Waals surface area contributed by atoms with E-state index < -0.39 is 23.5 Å². The number of ether oxygens (including phenoxy) is 1. The fourth-order valence-corrected chi connectivity index (χ4v) is 2.00. The summed E-state index contributed by atoms with van der Waals surface area (Å²) in [5.74, 6) is -2.36. The molecule has 22 heavy (non-hydrogen) atoms. The highest BCUT2D eigenvalue weighted by Crippen LogP contribution is 2.17. The summed E-state index contributed by atoms with van der Waals surface area (Å²) < 4.78 is 5.17. The first-order chi connectivity index (χ1) is 10.2. The van der Waals surface area contributed by atoms with E-state index in [1.54, 1.807) is 45.0 Å². The number of nitriles is 1. The van der Waals surface area contributed by atoms with Crippen molar-refractivity contribution < 1.29 is 19.4 Å². The number of carboxylic acids is 1. The van der Waals surface area contributed by atoms with Crippen LogP contribution in [0.4, 0.5) is 0 Å². The van der Waals surface area contributed by atoms with Gasteiger partial charge in [-0.05, 0) is 38.3 Å². The average molecular weight is 303 g/mol. The molecule has 0 saturated carbocycles. The van der Waals surface area contributed by atoms with E-state index in [0.29, 0.717) is 6.42 Å². The molecule has 0 spiro atoms. The molecule has 0 bridgehead atoms. The number of rotatable bonds is 6. The topological polar surface area (TPSA) is 87.4 Å². The van der Waals surface area contributed by atoms with Crippen LogP contribution in [0.1, 0.15) is 38.3 Å². The number of benzene rings is 1. The summed E-state index contributed by atoms with van der Waals surface area (Å²) in [5.41, 5.74) is 1.07. The number of esters is 1. The van der Waals surface area contributed by atoms with Gasteiger partial charge in [-0.2, -0.15) is 5.26 Å². The standard InChI is InChI=1S/C17H21NO4/c1-17(2,3)22-15(19)11-14(16(20)21)10-13-6-4-12(5-7-13)8-9-18/h4-7,14H,8,10-11H2,1-3H3,(H,20,21)/t14-/m1/s1. The number of carbonyl (C=O) groups is 2. The highest BCUT2D eigenvalue weighted by atomic mass is 16.6. The Morgan fingerprint density at radius 2 is 1.77 bits per heavy atom. The SMILES string of the molecule is CC(C)(C)OC(=O)C[C@@H](Cc1ccc(CC#N)cc1)C(=O)O. The van der Waals surface area contributed by atoms with Crippen LogP contribution in [0, 0.1) is 17.2 Å². The maximum atomic E-state index is 11.8. The number of carboxylic acid groups (broad SMARTS) is 1. The number of hydrogen-bond donors (Lipinski definition) is 1. The number of hydrogen-bond acceptors (Lipinski definition) is 4. The first kappa shape index (κ1) is 17.7. The van der Waals surface area contributed by atoms with Crippen molar-refractivity contribution in [3.05, 3.63) is 35.4 Å². The van der Waals surface area contributed by atoms with E-state index in [2.05, 4.69) is 6.07 Å². The Labute approximate surface area is 130 Å². The van der Waals surface area contributed by atoms with Crippen LogP contribution in [0.15, 0.2) is 24.3 Å². The lowest BCUT2D eigenvalue weighted by Gasteiger charge is -2.21. The lowest BCUT2D eigenvalue weighted by molar-refractivity contribution is -0.159. The summed E-state index contributed by atoms with van der Waals surface area (Å²) in [6, 6.07) is 9.23. The smallest absolute Gasteiger partial charge is 0.307 e. The summed E-state index contributed by atoms with van der Waals surface area (Å²) >= 11 is 0. The van der Waals surface area contributed by atoms with Gasteiger partial charge in [0.15, 0.2) is 0 Å². The predicted octanol–water partition coefficient (Wildman–Crippen LogP) is 2.73. The van der Waals surface area contributed by atoms with Gasteiger partial charge in [-0.25, -0.2) is 0 Å². The Morgan fingerprint density at radius 3 is 2.23 bits per heavy atom. The van der Waals surface area contributed by atoms with Crippen LogP contribution in [-0.4, -0.2) is 22.6 Å². The van der Waals surface area contributed by atoms with Gasteiger partial charge in [0.25, 0.3) is 0 Å². The van der Waals surface area contributed by atoms with Gasteiger partial charge in [0, 0.05) is 0 Å². The molecule has 0 heterocycles. The molecule has 5 nitrogen and oxygen atoms in total. The van der Waals surface area contributed by atoms with E-state index in [9.17, 15) is 14.7 Å². The van der Waals surface area contributed by atoms with Crippen molar-refractivity contribution in [1.82, 2.24) is 0 Å². The lowest BCUT2D eigenvalue weighted by Crippen LogP contribution is -2.28. The molecule has 0 aromatic heterocycles. The average Bonchev–Trinajstić information content (AvgIpc) is 2.38. The number of carbonyl (C=O) groups excluding carboxylic acids is 1. The molecule has 0 radical (unpaired) electrons. The summed E-state index contributed by atoms with van der Waals surface area (Å²) in [7, 11) is 0. The quantitative estimate of drug-likeness (QED) is 0.816. The lowest BCUT2D eigenvalue weighted by atomic mass is 9.95. The zero-order valence-electron chi connectivity index (χ0n) is 13.1. The van der Waals surface area contributed by atoms with Crippen molar-refractivity contribution in [3.8, 4) is 6.07 Å². The molecule has 1 aromatic rings. The van der Waals surface area contributed by atoms with Gasteiger partial charge in [0.05, 0.1) is 24.8 Å². The molecule has 0 unspecified atom stereocenters. The second-order valence-electron chi connectivity index (χ2n) is 6.18. The van der Waals surface area contributed by atoms with E-state index >= 15 is 0 Å². The summed E-state index contributed by atoms with van der Waals surface area (Å²) in [6.45, 7) is 5.23. The molecular formula is C17H21NO4. The molecular weight excluding hydrogens is 282 g/mol. The largest absolute Gasteiger partial charge is 0.481 e. The Kier molecular flexibility index (Phi) is 6.11. The zero-order valence-corrected chi connectivity index (χ0v) is 13.1. The van der Waals surface area contributed by atoms with Crippen LogP contribution < -0.4 is 0 Å². The summed E-state index contributed by atoms with van der Waals surface area (Å²) in [6.07, 6.45) is 0.411. The van der Waals surface area contributed by atoms with E-state index in [4.69, 9.17) is 10.00 Å². The zero-order chi connectivity index (χ0) is 16.8. The summed E-state index contributed by atoms with van der Waals surface area (Å²) in [5, 5.41) is 17.9. The van der Waals surface area contributed by atoms with Crippen LogP contribution in [0.5, 0.6) is 0 Å². The van der Waals surface area contributed by atoms with Gasteiger partial charge in [-0.1, -0.05) is 24.3 Å². The predicted molar refractivity (Wildman–Crippen MR) is 81.1 cm³/mol. The third-order valence-corrected chi connectivity index (χ3v) is 2.97. The Morgan fingerprint density at radius 1 is 1.23 bits per heavy atom. The fraction of sp³-hybridized carbons (Fsp3) is 0.471. The van der Waals surface area contributed by atoms with Crippen molar-refractivity contribution in [2.45, 2.75) is 45.6 Å². The van der Waals surface area contributed by atoms with Crippen molar-refractivity contribution in [3.63, 3.8) is 0 Å². The number of aliphatic carboxylic acids is 1. The molecule has 0 aliphatic rings. The minimum absolute atomic E-state index is 0.160. The van der Waals surface area contributed by atoms with E-state index in [1.807, 2.05) is 0 Å². The molecule has 1 atom stereocenters. The van der Waals surface area contributed by atoms with Gasteiger partial charge >= 0.3 is 11.9 Å². The van der Waals surface area contributed by atoms with E-state index in [1.165, 1.54) is 0 Å². The van der Waals surface area contributed by atoms with Gasteiger partial charge in [-0.3, -0.25) is 9.59 Å². The minimum atomic E-state index is -1.02. The first-order valence-corrected chi connectivity index (χ1v) is 7.10. The van der Waals surface area contributed by atoms with Gasteiger partial charge < -0.3 is 9.84 Å². The molecule has 0 aliphatic carbocycles. The second kappa shape index (κ2) is 7.60. The van der Waals surface area contributed by atoms with E-state index in [-0.39, 0.29) is 12.8 Å². The van der Waals surface area contributed by atoms with Gasteiger partial charge in [-0.15, -0.1) is 0 Å². The van der Waals surface area contributed by atoms with Gasteiger partial charge in [0.2, 0.25) is 0 Å². The third kappa shape index (κ3) is 6.40. The Hall–Kier alpha value is -2.35. The van der Waals surface area contributed by atoms with Crippen LogP contribution in [0.3, 0.4) is 0 Å². The second-order valence-corrected chi connectivity index (χ2v) is 6.18. The molecule has 0 aliphatic heterocycles. The third-order valence-electron chi connectivity index (χ3n) is 2.97. The van der Waals surface area contributed by atoms with Gasteiger partial charge in [0.1, 0.15) is 5.60 Å².